The van der Waals surface area contributed by atoms with Crippen molar-refractivity contribution in [2.24, 2.45) is 0 Å². The van der Waals surface area contributed by atoms with Crippen molar-refractivity contribution >= 4 is 11.6 Å². The Labute approximate surface area is 171 Å². The highest BCUT2D eigenvalue weighted by Gasteiger charge is 2.25. The topological polar surface area (TPSA) is 56.4 Å². The maximum Gasteiger partial charge on any atom is 0.279 e. The van der Waals surface area contributed by atoms with Crippen molar-refractivity contribution in [2.75, 3.05) is 52.3 Å². The van der Waals surface area contributed by atoms with Crippen LogP contribution in [-0.4, -0.2) is 52.9 Å². The number of anilines is 1. The monoisotopic (exact) mass is 403 g/mol. The van der Waals surface area contributed by atoms with Crippen LogP contribution in [0.25, 0.3) is 0 Å². The number of carbonyl (C=O) groups is 1. The first kappa shape index (κ1) is 21.1. The van der Waals surface area contributed by atoms with Gasteiger partial charge < -0.3 is 24.6 Å². The molecule has 3 rings (SSSR count). The van der Waals surface area contributed by atoms with Crippen molar-refractivity contribution in [3.8, 4) is 11.5 Å². The van der Waals surface area contributed by atoms with Gasteiger partial charge in [-0.05, 0) is 42.8 Å². The quantitative estimate of drug-likeness (QED) is 0.614. The second-order valence-electron chi connectivity index (χ2n) is 7.56. The molecule has 0 atom stereocenters. The van der Waals surface area contributed by atoms with Gasteiger partial charge in [0.15, 0.2) is 18.0 Å². The number of benzene rings is 2. The molecule has 1 saturated heterocycles. The number of hydrogen-bond donors (Lipinski definition) is 3. The summed E-state index contributed by atoms with van der Waals surface area (Å²) in [4.78, 5) is 15.0. The Bertz CT molecular complexity index is 851. The van der Waals surface area contributed by atoms with Gasteiger partial charge in [-0.15, -0.1) is 0 Å². The average Bonchev–Trinajstić information content (AvgIpc) is 2.72. The summed E-state index contributed by atoms with van der Waals surface area (Å²) in [5.41, 5.74) is 2.29. The fourth-order valence-corrected chi connectivity index (χ4v) is 3.69. The number of quaternary nitrogens is 2. The Kier molecular flexibility index (Phi) is 7.06. The van der Waals surface area contributed by atoms with Gasteiger partial charge >= 0.3 is 0 Å². The first-order valence-electron chi connectivity index (χ1n) is 9.92. The SMILES string of the molecule is COc1ccc(C[NH+]2CC[NH+](CC(=O)Nc3ccc(C)c(F)c3)CC2)cc1OC. The Morgan fingerprint density at radius 2 is 1.69 bits per heavy atom. The lowest BCUT2D eigenvalue weighted by molar-refractivity contribution is -1.02. The van der Waals surface area contributed by atoms with E-state index < -0.39 is 0 Å². The minimum Gasteiger partial charge on any atom is -0.493 e. The van der Waals surface area contributed by atoms with Gasteiger partial charge in [0.05, 0.1) is 14.2 Å². The van der Waals surface area contributed by atoms with Gasteiger partial charge in [0.2, 0.25) is 0 Å². The summed E-state index contributed by atoms with van der Waals surface area (Å²) < 4.78 is 24.3. The van der Waals surface area contributed by atoms with E-state index in [4.69, 9.17) is 9.47 Å². The molecule has 6 nitrogen and oxygen atoms in total. The fraction of sp³-hybridized carbons (Fsp3) is 0.409. The normalized spacial score (nSPS) is 18.9. The number of carbonyl (C=O) groups excluding carboxylic acids is 1. The maximum atomic E-state index is 13.6. The molecule has 156 valence electrons. The van der Waals surface area contributed by atoms with Gasteiger partial charge in [-0.3, -0.25) is 4.79 Å². The molecular formula is C22H30FN3O3+2. The van der Waals surface area contributed by atoms with E-state index in [1.54, 1.807) is 33.3 Å². The number of methoxy groups -OCH3 is 2. The summed E-state index contributed by atoms with van der Waals surface area (Å²) in [6.07, 6.45) is 0. The number of rotatable bonds is 7. The average molecular weight is 403 g/mol. The molecule has 2 aromatic rings. The molecule has 0 saturated carbocycles. The van der Waals surface area contributed by atoms with Crippen LogP contribution in [0.2, 0.25) is 0 Å². The number of halogens is 1. The zero-order valence-corrected chi connectivity index (χ0v) is 17.3. The number of amides is 1. The van der Waals surface area contributed by atoms with E-state index in [1.165, 1.54) is 21.4 Å². The van der Waals surface area contributed by atoms with Gasteiger partial charge in [-0.1, -0.05) is 6.07 Å². The van der Waals surface area contributed by atoms with Crippen LogP contribution < -0.4 is 24.6 Å². The Morgan fingerprint density at radius 1 is 1.00 bits per heavy atom. The highest BCUT2D eigenvalue weighted by Crippen LogP contribution is 2.27. The molecule has 1 amide bonds. The van der Waals surface area contributed by atoms with Crippen LogP contribution in [-0.2, 0) is 11.3 Å². The minimum absolute atomic E-state index is 0.0772. The second-order valence-corrected chi connectivity index (χ2v) is 7.56. The molecular weight excluding hydrogens is 373 g/mol. The van der Waals surface area contributed by atoms with Crippen molar-refractivity contribution in [1.82, 2.24) is 0 Å². The van der Waals surface area contributed by atoms with Crippen LogP contribution in [0, 0.1) is 12.7 Å². The van der Waals surface area contributed by atoms with Gasteiger partial charge in [-0.25, -0.2) is 4.39 Å². The number of hydrogen-bond acceptors (Lipinski definition) is 3. The maximum absolute atomic E-state index is 13.6. The van der Waals surface area contributed by atoms with Gasteiger partial charge in [-0.2, -0.15) is 0 Å². The summed E-state index contributed by atoms with van der Waals surface area (Å²) in [5.74, 6) is 1.10. The molecule has 0 aromatic heterocycles. The highest BCUT2D eigenvalue weighted by molar-refractivity contribution is 5.91. The van der Waals surface area contributed by atoms with E-state index in [2.05, 4.69) is 11.4 Å². The van der Waals surface area contributed by atoms with E-state index in [1.807, 2.05) is 12.1 Å². The molecule has 0 unspecified atom stereocenters. The van der Waals surface area contributed by atoms with E-state index in [0.717, 1.165) is 44.2 Å². The summed E-state index contributed by atoms with van der Waals surface area (Å²) in [5, 5.41) is 2.80. The van der Waals surface area contributed by atoms with Crippen LogP contribution in [0.3, 0.4) is 0 Å². The number of nitrogens with one attached hydrogen (secondary N) is 3. The fourth-order valence-electron chi connectivity index (χ4n) is 3.69. The molecule has 29 heavy (non-hydrogen) atoms. The van der Waals surface area contributed by atoms with Crippen LogP contribution in [0.15, 0.2) is 36.4 Å². The molecule has 0 radical (unpaired) electrons. The predicted molar refractivity (Wildman–Crippen MR) is 109 cm³/mol. The summed E-state index contributed by atoms with van der Waals surface area (Å²) in [6, 6.07) is 10.8. The van der Waals surface area contributed by atoms with Crippen molar-refractivity contribution in [3.63, 3.8) is 0 Å². The smallest absolute Gasteiger partial charge is 0.279 e. The molecule has 0 spiro atoms. The Morgan fingerprint density at radius 3 is 2.34 bits per heavy atom. The zero-order valence-electron chi connectivity index (χ0n) is 17.3. The van der Waals surface area contributed by atoms with Crippen LogP contribution in [0.1, 0.15) is 11.1 Å². The van der Waals surface area contributed by atoms with Gasteiger partial charge in [0, 0.05) is 11.3 Å². The number of ether oxygens (including phenoxy) is 2. The zero-order chi connectivity index (χ0) is 20.8. The molecule has 7 heteroatoms. The predicted octanol–water partition coefficient (Wildman–Crippen LogP) is 0.0734. The van der Waals surface area contributed by atoms with Crippen molar-refractivity contribution in [1.29, 1.82) is 0 Å². The van der Waals surface area contributed by atoms with Crippen LogP contribution in [0.4, 0.5) is 10.1 Å². The highest BCUT2D eigenvalue weighted by atomic mass is 19.1. The number of piperazine rings is 1. The third kappa shape index (κ3) is 5.68. The third-order valence-corrected chi connectivity index (χ3v) is 5.43. The lowest BCUT2D eigenvalue weighted by atomic mass is 10.1. The molecule has 0 bridgehead atoms. The van der Waals surface area contributed by atoms with Gasteiger partial charge in [0.25, 0.3) is 5.91 Å². The minimum atomic E-state index is -0.303. The molecule has 3 N–H and O–H groups in total. The molecule has 0 aliphatic carbocycles. The third-order valence-electron chi connectivity index (χ3n) is 5.43. The summed E-state index contributed by atoms with van der Waals surface area (Å²) in [7, 11) is 3.28. The lowest BCUT2D eigenvalue weighted by Crippen LogP contribution is -3.28. The van der Waals surface area contributed by atoms with Crippen molar-refractivity contribution < 1.29 is 28.5 Å². The van der Waals surface area contributed by atoms with Gasteiger partial charge in [0.1, 0.15) is 38.5 Å². The van der Waals surface area contributed by atoms with E-state index >= 15 is 0 Å². The molecule has 1 aliphatic heterocycles. The molecule has 1 fully saturated rings. The summed E-state index contributed by atoms with van der Waals surface area (Å²) >= 11 is 0. The molecule has 1 heterocycles. The van der Waals surface area contributed by atoms with E-state index in [9.17, 15) is 9.18 Å². The number of aryl methyl sites for hydroxylation is 1. The van der Waals surface area contributed by atoms with Crippen molar-refractivity contribution in [2.45, 2.75) is 13.5 Å². The molecule has 2 aromatic carbocycles. The lowest BCUT2D eigenvalue weighted by Gasteiger charge is -2.29. The molecule has 1 aliphatic rings. The first-order valence-corrected chi connectivity index (χ1v) is 9.92. The van der Waals surface area contributed by atoms with Crippen molar-refractivity contribution in [3.05, 3.63) is 53.3 Å². The second kappa shape index (κ2) is 9.71. The largest absolute Gasteiger partial charge is 0.493 e. The van der Waals surface area contributed by atoms with Crippen LogP contribution in [0.5, 0.6) is 11.5 Å². The Balaban J connectivity index is 1.46. The van der Waals surface area contributed by atoms with E-state index in [-0.39, 0.29) is 11.7 Å². The Hall–Kier alpha value is -2.64. The van der Waals surface area contributed by atoms with E-state index in [0.29, 0.717) is 17.8 Å². The standard InChI is InChI=1S/C22H28FN3O3/c1-16-4-6-18(13-19(16)23)24-22(27)15-26-10-8-25(9-11-26)14-17-5-7-20(28-2)21(12-17)29-3/h4-7,12-13H,8-11,14-15H2,1-3H3,(H,24,27)/p+2. The summed E-state index contributed by atoms with van der Waals surface area (Å²) in [6.45, 7) is 6.87. The first-order chi connectivity index (χ1) is 14.0. The van der Waals surface area contributed by atoms with Crippen LogP contribution >= 0.6 is 0 Å².